The lowest BCUT2D eigenvalue weighted by Crippen LogP contribution is -2.16. The average Bonchev–Trinajstić information content (AvgIpc) is 3.22. The molecule has 5 nitrogen and oxygen atoms in total. The highest BCUT2D eigenvalue weighted by atomic mass is 35.5. The molecule has 1 heterocycles. The van der Waals surface area contributed by atoms with Crippen LogP contribution in [0.2, 0.25) is 5.02 Å². The fourth-order valence-electron chi connectivity index (χ4n) is 3.03. The number of carbonyl (C=O) groups excluding carboxylic acids is 2. The molecule has 0 aliphatic heterocycles. The fraction of sp³-hybridized carbons (Fsp3) is 0.160. The number of nitrogens with zero attached hydrogens (tertiary/aromatic N) is 1. The van der Waals surface area contributed by atoms with Crippen molar-refractivity contribution >= 4 is 45.9 Å². The first-order chi connectivity index (χ1) is 15.5. The van der Waals surface area contributed by atoms with Crippen LogP contribution in [0.4, 0.5) is 5.00 Å². The van der Waals surface area contributed by atoms with E-state index in [1.54, 1.807) is 36.6 Å². The van der Waals surface area contributed by atoms with Gasteiger partial charge in [-0.3, -0.25) is 4.79 Å². The lowest BCUT2D eigenvalue weighted by atomic mass is 10.0. The number of halogens is 1. The highest BCUT2D eigenvalue weighted by Gasteiger charge is 2.23. The molecule has 1 amide bonds. The largest absolute Gasteiger partial charge is 0.462 e. The summed E-state index contributed by atoms with van der Waals surface area (Å²) in [5.41, 5.74) is 3.55. The second-order valence-corrected chi connectivity index (χ2v) is 8.12. The lowest BCUT2D eigenvalue weighted by Gasteiger charge is -2.09. The molecule has 0 atom stereocenters. The third-order valence-corrected chi connectivity index (χ3v) is 5.86. The number of anilines is 1. The number of aryl methyl sites for hydroxylation is 1. The van der Waals surface area contributed by atoms with Crippen molar-refractivity contribution in [2.75, 3.05) is 11.9 Å². The van der Waals surface area contributed by atoms with Gasteiger partial charge in [-0.15, -0.1) is 11.3 Å². The van der Waals surface area contributed by atoms with Crippen LogP contribution in [0.25, 0.3) is 17.2 Å². The highest BCUT2D eigenvalue weighted by Crippen LogP contribution is 2.36. The van der Waals surface area contributed by atoms with Gasteiger partial charge in [-0.2, -0.15) is 5.26 Å². The van der Waals surface area contributed by atoms with Crippen LogP contribution >= 0.6 is 22.9 Å². The summed E-state index contributed by atoms with van der Waals surface area (Å²) in [6, 6.07) is 16.6. The van der Waals surface area contributed by atoms with Crippen LogP contribution in [0.1, 0.15) is 35.3 Å². The maximum absolute atomic E-state index is 12.8. The van der Waals surface area contributed by atoms with Crippen molar-refractivity contribution < 1.29 is 14.3 Å². The first-order valence-electron chi connectivity index (χ1n) is 10.0. The van der Waals surface area contributed by atoms with Crippen molar-refractivity contribution in [3.05, 3.63) is 81.2 Å². The number of carbonyl (C=O) groups is 2. The third-order valence-electron chi connectivity index (χ3n) is 4.72. The van der Waals surface area contributed by atoms with Crippen LogP contribution in [0.15, 0.2) is 59.5 Å². The summed E-state index contributed by atoms with van der Waals surface area (Å²) in [7, 11) is 0. The monoisotopic (exact) mass is 464 g/mol. The van der Waals surface area contributed by atoms with Gasteiger partial charge in [-0.1, -0.05) is 54.9 Å². The van der Waals surface area contributed by atoms with Crippen molar-refractivity contribution in [1.82, 2.24) is 0 Å². The minimum absolute atomic E-state index is 0.0932. The van der Waals surface area contributed by atoms with Crippen molar-refractivity contribution in [2.24, 2.45) is 0 Å². The molecule has 1 N–H and O–H groups in total. The minimum atomic E-state index is -0.609. The number of esters is 1. The van der Waals surface area contributed by atoms with Crippen LogP contribution in [0, 0.1) is 11.3 Å². The summed E-state index contributed by atoms with van der Waals surface area (Å²) in [4.78, 5) is 25.5. The maximum Gasteiger partial charge on any atom is 0.341 e. The molecule has 0 aliphatic rings. The van der Waals surface area contributed by atoms with Crippen molar-refractivity contribution in [3.63, 3.8) is 0 Å². The van der Waals surface area contributed by atoms with Crippen molar-refractivity contribution in [1.29, 1.82) is 5.26 Å². The summed E-state index contributed by atoms with van der Waals surface area (Å²) < 4.78 is 5.23. The molecule has 1 aromatic heterocycles. The zero-order valence-electron chi connectivity index (χ0n) is 17.6. The molecule has 0 aliphatic carbocycles. The molecule has 0 bridgehead atoms. The molecule has 0 radical (unpaired) electrons. The molecule has 0 unspecified atom stereocenters. The fourth-order valence-corrected chi connectivity index (χ4v) is 4.11. The summed E-state index contributed by atoms with van der Waals surface area (Å²) >= 11 is 7.10. The third kappa shape index (κ3) is 5.44. The molecule has 32 heavy (non-hydrogen) atoms. The van der Waals surface area contributed by atoms with Gasteiger partial charge in [0.25, 0.3) is 5.91 Å². The Morgan fingerprint density at radius 1 is 1.12 bits per heavy atom. The highest BCUT2D eigenvalue weighted by molar-refractivity contribution is 7.15. The van der Waals surface area contributed by atoms with E-state index >= 15 is 0 Å². The van der Waals surface area contributed by atoms with E-state index < -0.39 is 11.9 Å². The second kappa shape index (κ2) is 10.8. The summed E-state index contributed by atoms with van der Waals surface area (Å²) in [5.74, 6) is -1.14. The van der Waals surface area contributed by atoms with Crippen LogP contribution in [0.3, 0.4) is 0 Å². The number of nitriles is 1. The van der Waals surface area contributed by atoms with Crippen LogP contribution in [-0.2, 0) is 16.0 Å². The van der Waals surface area contributed by atoms with Gasteiger partial charge >= 0.3 is 5.97 Å². The molecule has 162 valence electrons. The van der Waals surface area contributed by atoms with Crippen LogP contribution < -0.4 is 5.32 Å². The molecule has 0 saturated carbocycles. The van der Waals surface area contributed by atoms with E-state index in [1.165, 1.54) is 23.0 Å². The Hall–Kier alpha value is -3.40. The Morgan fingerprint density at radius 2 is 1.81 bits per heavy atom. The Morgan fingerprint density at radius 3 is 2.41 bits per heavy atom. The Bertz CT molecular complexity index is 1190. The van der Waals surface area contributed by atoms with Gasteiger partial charge in [0.2, 0.25) is 0 Å². The topological polar surface area (TPSA) is 79.2 Å². The van der Waals surface area contributed by atoms with Crippen LogP contribution in [0.5, 0.6) is 0 Å². The number of amides is 1. The quantitative estimate of drug-likeness (QED) is 0.251. The summed E-state index contributed by atoms with van der Waals surface area (Å²) in [6.07, 6.45) is 2.38. The molecule has 7 heteroatoms. The Kier molecular flexibility index (Phi) is 7.82. The van der Waals surface area contributed by atoms with Crippen LogP contribution in [-0.4, -0.2) is 18.5 Å². The summed E-state index contributed by atoms with van der Waals surface area (Å²) in [6.45, 7) is 4.00. The predicted octanol–water partition coefficient (Wildman–Crippen LogP) is 6.35. The number of hydrogen-bond acceptors (Lipinski definition) is 5. The van der Waals surface area contributed by atoms with Gasteiger partial charge in [-0.05, 0) is 48.2 Å². The van der Waals surface area contributed by atoms with E-state index in [0.29, 0.717) is 21.2 Å². The normalized spacial score (nSPS) is 11.0. The molecule has 0 saturated heterocycles. The van der Waals surface area contributed by atoms with Gasteiger partial charge < -0.3 is 10.1 Å². The zero-order valence-corrected chi connectivity index (χ0v) is 19.2. The van der Waals surface area contributed by atoms with Gasteiger partial charge in [0.15, 0.2) is 0 Å². The number of rotatable bonds is 7. The number of benzene rings is 2. The molecular weight excluding hydrogens is 444 g/mol. The van der Waals surface area contributed by atoms with Gasteiger partial charge in [0.05, 0.1) is 6.61 Å². The maximum atomic E-state index is 12.8. The van der Waals surface area contributed by atoms with Gasteiger partial charge in [-0.25, -0.2) is 4.79 Å². The Balaban J connectivity index is 1.95. The molecule has 0 fully saturated rings. The average molecular weight is 465 g/mol. The van der Waals surface area contributed by atoms with E-state index in [0.717, 1.165) is 12.0 Å². The molecule has 3 aromatic rings. The number of thiophene rings is 1. The number of nitrogens with one attached hydrogen (secondary N) is 1. The molecule has 2 aromatic carbocycles. The first-order valence-corrected chi connectivity index (χ1v) is 11.3. The van der Waals surface area contributed by atoms with Crippen molar-refractivity contribution in [3.8, 4) is 17.2 Å². The zero-order chi connectivity index (χ0) is 23.1. The standard InChI is InChI=1S/C25H21ClN2O3S/c1-3-16-5-9-18(10-6-16)21-15-32-24(22(21)25(30)31-4-2)28-23(29)19(14-27)13-17-7-11-20(26)12-8-17/h5-13,15H,3-4H2,1-2H3,(H,28,29). The Labute approximate surface area is 195 Å². The smallest absolute Gasteiger partial charge is 0.341 e. The number of hydrogen-bond donors (Lipinski definition) is 1. The molecular formula is C25H21ClN2O3S. The first kappa shape index (κ1) is 23.3. The van der Waals surface area contributed by atoms with Gasteiger partial charge in [0.1, 0.15) is 22.2 Å². The molecule has 0 spiro atoms. The summed E-state index contributed by atoms with van der Waals surface area (Å²) in [5, 5.41) is 14.9. The van der Waals surface area contributed by atoms with E-state index in [-0.39, 0.29) is 17.7 Å². The van der Waals surface area contributed by atoms with Crippen molar-refractivity contribution in [2.45, 2.75) is 20.3 Å². The van der Waals surface area contributed by atoms with E-state index in [2.05, 4.69) is 12.2 Å². The van der Waals surface area contributed by atoms with Gasteiger partial charge in [0, 0.05) is 16.0 Å². The minimum Gasteiger partial charge on any atom is -0.462 e. The molecule has 3 rings (SSSR count). The van der Waals surface area contributed by atoms with E-state index in [1.807, 2.05) is 30.3 Å². The van der Waals surface area contributed by atoms with E-state index in [4.69, 9.17) is 16.3 Å². The van der Waals surface area contributed by atoms with E-state index in [9.17, 15) is 14.9 Å². The SMILES string of the molecule is CCOC(=O)c1c(-c2ccc(CC)cc2)csc1NC(=O)C(C#N)=Cc1ccc(Cl)cc1. The predicted molar refractivity (Wildman–Crippen MR) is 129 cm³/mol. The number of ether oxygens (including phenoxy) is 1. The lowest BCUT2D eigenvalue weighted by molar-refractivity contribution is -0.112. The second-order valence-electron chi connectivity index (χ2n) is 6.80.